The van der Waals surface area contributed by atoms with Crippen LogP contribution in [0.15, 0.2) is 47.1 Å². The number of nitrogens with two attached hydrogens (primary N) is 1. The van der Waals surface area contributed by atoms with Gasteiger partial charge in [0.05, 0.1) is 31.1 Å². The predicted molar refractivity (Wildman–Crippen MR) is 113 cm³/mol. The molecule has 0 aromatic carbocycles. The molecule has 0 amide bonds. The number of likely N-dealkylation sites (N-methyl/N-ethyl adjacent to an activating group) is 1. The molecular formula is C23H31N3O4. The summed E-state index contributed by atoms with van der Waals surface area (Å²) in [4.78, 5) is 32.7. The van der Waals surface area contributed by atoms with E-state index in [4.69, 9.17) is 15.2 Å². The van der Waals surface area contributed by atoms with Gasteiger partial charge in [0.25, 0.3) is 0 Å². The monoisotopic (exact) mass is 413 g/mol. The number of hydrogen-bond acceptors (Lipinski definition) is 7. The maximum Gasteiger partial charge on any atom is 0.336 e. The van der Waals surface area contributed by atoms with Crippen molar-refractivity contribution in [2.45, 2.75) is 39.5 Å². The number of carbonyl (C=O) groups is 2. The molecule has 0 fully saturated rings. The molecule has 0 spiro atoms. The molecule has 0 saturated carbocycles. The van der Waals surface area contributed by atoms with E-state index in [-0.39, 0.29) is 24.4 Å². The predicted octanol–water partition coefficient (Wildman–Crippen LogP) is 2.55. The first-order chi connectivity index (χ1) is 14.3. The van der Waals surface area contributed by atoms with Crippen LogP contribution in [0, 0.1) is 5.41 Å². The highest BCUT2D eigenvalue weighted by Crippen LogP contribution is 2.49. The zero-order chi connectivity index (χ0) is 21.9. The van der Waals surface area contributed by atoms with Crippen LogP contribution in [-0.2, 0) is 19.1 Å². The van der Waals surface area contributed by atoms with Crippen LogP contribution in [0.5, 0.6) is 0 Å². The van der Waals surface area contributed by atoms with Crippen molar-refractivity contribution < 1.29 is 19.1 Å². The number of nitrogens with zero attached hydrogens (tertiary/aromatic N) is 2. The van der Waals surface area contributed by atoms with Crippen LogP contribution in [0.3, 0.4) is 0 Å². The van der Waals surface area contributed by atoms with Crippen LogP contribution in [0.4, 0.5) is 0 Å². The standard InChI is InChI=1S/C23H31N3O4/c1-5-30-22(28)21-17(14-29-10-8-24)26(4)16-11-23(2,3)12-18(27)20(16)19(21)15-7-6-9-25-13-15/h6-7,9,13,19H,5,8,10-12,14,24H2,1-4H3. The van der Waals surface area contributed by atoms with Gasteiger partial charge in [-0.05, 0) is 30.4 Å². The molecule has 2 aliphatic rings. The van der Waals surface area contributed by atoms with E-state index in [1.54, 1.807) is 19.3 Å². The number of allylic oxidation sites excluding steroid dienone is 2. The first-order valence-corrected chi connectivity index (χ1v) is 10.4. The first-order valence-electron chi connectivity index (χ1n) is 10.4. The number of carbonyl (C=O) groups excluding carboxylic acids is 2. The topological polar surface area (TPSA) is 94.7 Å². The molecule has 1 aromatic heterocycles. The van der Waals surface area contributed by atoms with E-state index in [1.807, 2.05) is 24.1 Å². The molecule has 1 atom stereocenters. The van der Waals surface area contributed by atoms with Crippen LogP contribution in [0.25, 0.3) is 0 Å². The summed E-state index contributed by atoms with van der Waals surface area (Å²) in [5.74, 6) is -0.900. The Labute approximate surface area is 177 Å². The normalized spacial score (nSPS) is 21.0. The Morgan fingerprint density at radius 1 is 1.37 bits per heavy atom. The lowest BCUT2D eigenvalue weighted by Crippen LogP contribution is -2.41. The van der Waals surface area contributed by atoms with Gasteiger partial charge >= 0.3 is 5.97 Å². The van der Waals surface area contributed by atoms with Crippen molar-refractivity contribution in [1.29, 1.82) is 0 Å². The minimum absolute atomic E-state index is 0.0608. The summed E-state index contributed by atoms with van der Waals surface area (Å²) in [6, 6.07) is 3.72. The lowest BCUT2D eigenvalue weighted by atomic mass is 9.68. The summed E-state index contributed by atoms with van der Waals surface area (Å²) < 4.78 is 11.2. The highest BCUT2D eigenvalue weighted by Gasteiger charge is 2.45. The number of esters is 1. The summed E-state index contributed by atoms with van der Waals surface area (Å²) >= 11 is 0. The minimum atomic E-state index is -0.524. The zero-order valence-electron chi connectivity index (χ0n) is 18.2. The van der Waals surface area contributed by atoms with Gasteiger partial charge in [-0.15, -0.1) is 0 Å². The summed E-state index contributed by atoms with van der Waals surface area (Å²) in [6.07, 6.45) is 4.56. The number of rotatable bonds is 7. The lowest BCUT2D eigenvalue weighted by Gasteiger charge is -2.44. The van der Waals surface area contributed by atoms with E-state index in [2.05, 4.69) is 18.8 Å². The quantitative estimate of drug-likeness (QED) is 0.542. The minimum Gasteiger partial charge on any atom is -0.463 e. The van der Waals surface area contributed by atoms with Crippen LogP contribution in [0.2, 0.25) is 0 Å². The van der Waals surface area contributed by atoms with Crippen molar-refractivity contribution in [2.24, 2.45) is 11.1 Å². The Bertz CT molecular complexity index is 874. The van der Waals surface area contributed by atoms with E-state index in [1.165, 1.54) is 0 Å². The van der Waals surface area contributed by atoms with E-state index in [0.717, 1.165) is 17.7 Å². The third-order valence-corrected chi connectivity index (χ3v) is 5.61. The largest absolute Gasteiger partial charge is 0.463 e. The second-order valence-electron chi connectivity index (χ2n) is 8.50. The van der Waals surface area contributed by atoms with Crippen molar-refractivity contribution in [1.82, 2.24) is 9.88 Å². The highest BCUT2D eigenvalue weighted by atomic mass is 16.5. The summed E-state index contributed by atoms with van der Waals surface area (Å²) in [7, 11) is 1.89. The van der Waals surface area contributed by atoms with Gasteiger partial charge in [0.2, 0.25) is 0 Å². The molecule has 7 heteroatoms. The van der Waals surface area contributed by atoms with Gasteiger partial charge in [-0.3, -0.25) is 9.78 Å². The SMILES string of the molecule is CCOC(=O)C1=C(COCCN)N(C)C2=C(C(=O)CC(C)(C)C2)C1c1cccnc1. The third kappa shape index (κ3) is 4.32. The summed E-state index contributed by atoms with van der Waals surface area (Å²) in [5.41, 5.74) is 8.98. The zero-order valence-corrected chi connectivity index (χ0v) is 18.2. The molecule has 1 aromatic rings. The van der Waals surface area contributed by atoms with Gasteiger partial charge in [-0.1, -0.05) is 19.9 Å². The Kier molecular flexibility index (Phi) is 6.73. The molecule has 2 heterocycles. The molecule has 0 bridgehead atoms. The second-order valence-corrected chi connectivity index (χ2v) is 8.50. The fraction of sp³-hybridized carbons (Fsp3) is 0.522. The molecule has 0 saturated heterocycles. The fourth-order valence-electron chi connectivity index (χ4n) is 4.33. The maximum absolute atomic E-state index is 13.3. The Hall–Kier alpha value is -2.51. The highest BCUT2D eigenvalue weighted by molar-refractivity contribution is 6.04. The molecular weight excluding hydrogens is 382 g/mol. The lowest BCUT2D eigenvalue weighted by molar-refractivity contribution is -0.139. The number of ketones is 1. The molecule has 30 heavy (non-hydrogen) atoms. The average molecular weight is 414 g/mol. The van der Waals surface area contributed by atoms with Crippen molar-refractivity contribution in [3.05, 3.63) is 52.6 Å². The Morgan fingerprint density at radius 3 is 2.77 bits per heavy atom. The van der Waals surface area contributed by atoms with Crippen molar-refractivity contribution in [2.75, 3.05) is 33.4 Å². The van der Waals surface area contributed by atoms with E-state index in [0.29, 0.717) is 36.4 Å². The van der Waals surface area contributed by atoms with E-state index in [9.17, 15) is 9.59 Å². The molecule has 1 unspecified atom stereocenters. The van der Waals surface area contributed by atoms with Crippen LogP contribution < -0.4 is 5.73 Å². The summed E-state index contributed by atoms with van der Waals surface area (Å²) in [5, 5.41) is 0. The van der Waals surface area contributed by atoms with Crippen LogP contribution in [-0.4, -0.2) is 55.0 Å². The van der Waals surface area contributed by atoms with Gasteiger partial charge < -0.3 is 20.1 Å². The fourth-order valence-corrected chi connectivity index (χ4v) is 4.33. The van der Waals surface area contributed by atoms with Gasteiger partial charge in [-0.2, -0.15) is 0 Å². The second kappa shape index (κ2) is 9.10. The number of Topliss-reactive ketones (excluding diaryl/α,β-unsaturated/α-hetero) is 1. The number of aromatic nitrogens is 1. The number of pyridine rings is 1. The smallest absolute Gasteiger partial charge is 0.336 e. The third-order valence-electron chi connectivity index (χ3n) is 5.61. The van der Waals surface area contributed by atoms with Crippen molar-refractivity contribution in [3.8, 4) is 0 Å². The molecule has 1 aliphatic heterocycles. The Balaban J connectivity index is 2.22. The van der Waals surface area contributed by atoms with Crippen molar-refractivity contribution in [3.63, 3.8) is 0 Å². The maximum atomic E-state index is 13.3. The summed E-state index contributed by atoms with van der Waals surface area (Å²) in [6.45, 7) is 7.18. The Morgan fingerprint density at radius 2 is 2.13 bits per heavy atom. The van der Waals surface area contributed by atoms with Crippen LogP contribution >= 0.6 is 0 Å². The van der Waals surface area contributed by atoms with Gasteiger partial charge in [0.1, 0.15) is 0 Å². The number of ether oxygens (including phenoxy) is 2. The molecule has 3 rings (SSSR count). The van der Waals surface area contributed by atoms with Gasteiger partial charge in [0.15, 0.2) is 5.78 Å². The van der Waals surface area contributed by atoms with E-state index < -0.39 is 11.9 Å². The molecule has 0 radical (unpaired) electrons. The van der Waals surface area contributed by atoms with Crippen molar-refractivity contribution >= 4 is 11.8 Å². The van der Waals surface area contributed by atoms with E-state index >= 15 is 0 Å². The number of hydrogen-bond donors (Lipinski definition) is 1. The average Bonchev–Trinajstić information content (AvgIpc) is 2.70. The van der Waals surface area contributed by atoms with Gasteiger partial charge in [0, 0.05) is 49.6 Å². The molecule has 7 nitrogen and oxygen atoms in total. The molecule has 1 aliphatic carbocycles. The molecule has 2 N–H and O–H groups in total. The first kappa shape index (κ1) is 22.2. The molecule has 162 valence electrons. The van der Waals surface area contributed by atoms with Crippen LogP contribution in [0.1, 0.15) is 45.1 Å². The van der Waals surface area contributed by atoms with Gasteiger partial charge in [-0.25, -0.2) is 4.79 Å².